The largest absolute Gasteiger partial charge is 0.629 e. The molecule has 0 heterocycles. The average Bonchev–Trinajstić information content (AvgIpc) is 2.34. The first-order valence-electron chi connectivity index (χ1n) is 4.23. The Balaban J connectivity index is 5.18. The minimum atomic E-state index is -3.53. The molecule has 0 aromatic heterocycles. The molecule has 94 valence electrons. The molecule has 6 nitrogen and oxygen atoms in total. The fraction of sp³-hybridized carbons (Fsp3) is 0.714. The van der Waals surface area contributed by atoms with Crippen molar-refractivity contribution in [2.24, 2.45) is 0 Å². The van der Waals surface area contributed by atoms with Gasteiger partial charge in [-0.25, -0.2) is 18.1 Å². The van der Waals surface area contributed by atoms with Crippen molar-refractivity contribution >= 4 is 25.4 Å². The molecule has 0 spiro atoms. The lowest BCUT2D eigenvalue weighted by Gasteiger charge is -2.37. The van der Waals surface area contributed by atoms with Gasteiger partial charge in [-0.1, -0.05) is 5.70 Å². The Hall–Kier alpha value is 0.577. The summed E-state index contributed by atoms with van der Waals surface area (Å²) in [6, 6.07) is 0. The van der Waals surface area contributed by atoms with Crippen LogP contribution in [0.4, 0.5) is 0 Å². The van der Waals surface area contributed by atoms with E-state index in [-0.39, 0.29) is 9.52 Å². The molecule has 0 N–H and O–H groups in total. The highest BCUT2D eigenvalue weighted by molar-refractivity contribution is 7.80. The summed E-state index contributed by atoms with van der Waals surface area (Å²) in [5.41, 5.74) is 1.49. The van der Waals surface area contributed by atoms with Crippen LogP contribution in [0.2, 0.25) is 0 Å². The lowest BCUT2D eigenvalue weighted by atomic mass is 11.3. The van der Waals surface area contributed by atoms with E-state index in [1.165, 1.54) is 34.1 Å². The Morgan fingerprint density at radius 2 is 1.31 bits per heavy atom. The third-order valence-corrected chi connectivity index (χ3v) is 10.1. The van der Waals surface area contributed by atoms with E-state index < -0.39 is 20.9 Å². The van der Waals surface area contributed by atoms with Crippen LogP contribution in [0, 0.1) is 0 Å². The predicted molar refractivity (Wildman–Crippen MR) is 61.6 cm³/mol. The van der Waals surface area contributed by atoms with Crippen LogP contribution in [0.3, 0.4) is 0 Å². The Morgan fingerprint density at radius 1 is 1.00 bits per heavy atom. The van der Waals surface area contributed by atoms with Crippen molar-refractivity contribution < 1.29 is 27.9 Å². The number of hydrogen-bond acceptors (Lipinski definition) is 6. The molecule has 2 radical (unpaired) electrons. The molecule has 0 rings (SSSR count). The topological polar surface area (TPSA) is 83.0 Å². The highest BCUT2D eigenvalue weighted by atomic mass is 31.3. The average molecular weight is 286 g/mol. The summed E-state index contributed by atoms with van der Waals surface area (Å²) in [4.78, 5) is 24.4. The molecule has 0 aromatic rings. The molecule has 0 unspecified atom stereocenters. The maximum Gasteiger partial charge on any atom is 0.277 e. The molecule has 0 saturated heterocycles. The zero-order chi connectivity index (χ0) is 12.8. The van der Waals surface area contributed by atoms with Gasteiger partial charge in [-0.05, 0) is 0 Å². The SMILES string of the molecule is C=C[Si]C([P+]([O-])(OC)OC)[P+]([O-])(OC)OC. The third kappa shape index (κ3) is 3.53. The van der Waals surface area contributed by atoms with E-state index in [1.54, 1.807) is 0 Å². The van der Waals surface area contributed by atoms with Crippen molar-refractivity contribution in [2.75, 3.05) is 28.4 Å². The highest BCUT2D eigenvalue weighted by Crippen LogP contribution is 2.73. The van der Waals surface area contributed by atoms with Gasteiger partial charge in [0.15, 0.2) is 9.52 Å². The van der Waals surface area contributed by atoms with Gasteiger partial charge in [0.05, 0.1) is 28.4 Å². The van der Waals surface area contributed by atoms with Gasteiger partial charge in [-0.15, -0.1) is 6.58 Å². The second-order valence-electron chi connectivity index (χ2n) is 2.55. The first-order valence-corrected chi connectivity index (χ1v) is 8.61. The summed E-state index contributed by atoms with van der Waals surface area (Å²) in [7, 11) is -2.30. The summed E-state index contributed by atoms with van der Waals surface area (Å²) in [5.74, 6) is 0. The standard InChI is InChI=1S/C7H16O6P2Si/c1-6-16-7(14(8,10-2)11-3)15(9,12-4)13-5/h6-7H,1H2,2-5H3. The van der Waals surface area contributed by atoms with Crippen LogP contribution in [0.25, 0.3) is 0 Å². The normalized spacial score (nSPS) is 13.2. The minimum absolute atomic E-state index is 0.126. The van der Waals surface area contributed by atoms with Gasteiger partial charge in [0.1, 0.15) is 0 Å². The van der Waals surface area contributed by atoms with Crippen molar-refractivity contribution in [1.82, 2.24) is 0 Å². The van der Waals surface area contributed by atoms with E-state index in [0.717, 1.165) is 0 Å². The Bertz CT molecular complexity index is 203. The van der Waals surface area contributed by atoms with E-state index >= 15 is 0 Å². The second kappa shape index (κ2) is 7.11. The molecule has 16 heavy (non-hydrogen) atoms. The van der Waals surface area contributed by atoms with E-state index in [9.17, 15) is 9.79 Å². The van der Waals surface area contributed by atoms with E-state index in [2.05, 4.69) is 6.58 Å². The van der Waals surface area contributed by atoms with Crippen molar-refractivity contribution in [3.05, 3.63) is 12.3 Å². The molecular weight excluding hydrogens is 270 g/mol. The maximum absolute atomic E-state index is 12.2. The van der Waals surface area contributed by atoms with Crippen LogP contribution in [0.15, 0.2) is 12.3 Å². The van der Waals surface area contributed by atoms with Crippen LogP contribution in [0.5, 0.6) is 0 Å². The monoisotopic (exact) mass is 286 g/mol. The van der Waals surface area contributed by atoms with Crippen LogP contribution in [-0.4, -0.2) is 43.0 Å². The van der Waals surface area contributed by atoms with Crippen molar-refractivity contribution in [3.8, 4) is 0 Å². The number of hydrogen-bond donors (Lipinski definition) is 0. The molecule has 0 saturated carbocycles. The van der Waals surface area contributed by atoms with Gasteiger partial charge in [0.25, 0.3) is 15.9 Å². The zero-order valence-corrected chi connectivity index (χ0v) is 12.5. The first kappa shape index (κ1) is 16.6. The first-order chi connectivity index (χ1) is 7.44. The quantitative estimate of drug-likeness (QED) is 0.459. The fourth-order valence-electron chi connectivity index (χ4n) is 1.01. The molecule has 0 aliphatic rings. The molecule has 0 amide bonds. The fourth-order valence-corrected chi connectivity index (χ4v) is 8.19. The van der Waals surface area contributed by atoms with E-state index in [4.69, 9.17) is 18.1 Å². The Labute approximate surface area is 99.5 Å². The van der Waals surface area contributed by atoms with Crippen LogP contribution in [0.1, 0.15) is 0 Å². The van der Waals surface area contributed by atoms with E-state index in [0.29, 0.717) is 0 Å². The summed E-state index contributed by atoms with van der Waals surface area (Å²) < 4.78 is 19.2. The Kier molecular flexibility index (Phi) is 7.37. The molecule has 9 heteroatoms. The molecule has 0 atom stereocenters. The molecule has 0 aromatic carbocycles. The zero-order valence-electron chi connectivity index (χ0n) is 9.71. The molecular formula is C7H16O6P2Si. The highest BCUT2D eigenvalue weighted by Gasteiger charge is 2.56. The van der Waals surface area contributed by atoms with Gasteiger partial charge >= 0.3 is 0 Å². The maximum atomic E-state index is 12.2. The van der Waals surface area contributed by atoms with Gasteiger partial charge in [-0.2, -0.15) is 0 Å². The van der Waals surface area contributed by atoms with Crippen LogP contribution >= 0.6 is 15.9 Å². The Morgan fingerprint density at radius 3 is 1.50 bits per heavy atom. The molecule has 0 fully saturated rings. The van der Waals surface area contributed by atoms with Gasteiger partial charge in [0, 0.05) is 0 Å². The number of rotatable bonds is 8. The van der Waals surface area contributed by atoms with Crippen molar-refractivity contribution in [3.63, 3.8) is 0 Å². The lowest BCUT2D eigenvalue weighted by Crippen LogP contribution is -2.37. The van der Waals surface area contributed by atoms with Crippen LogP contribution < -0.4 is 9.79 Å². The van der Waals surface area contributed by atoms with Gasteiger partial charge in [0.2, 0.25) is 5.02 Å². The summed E-state index contributed by atoms with van der Waals surface area (Å²) in [6.07, 6.45) is 0. The molecule has 0 aliphatic carbocycles. The smallest absolute Gasteiger partial charge is 0.277 e. The van der Waals surface area contributed by atoms with Crippen molar-refractivity contribution in [2.45, 2.75) is 5.02 Å². The minimum Gasteiger partial charge on any atom is -0.629 e. The molecule has 0 bridgehead atoms. The van der Waals surface area contributed by atoms with E-state index in [1.807, 2.05) is 0 Å². The second-order valence-corrected chi connectivity index (χ2v) is 9.91. The van der Waals surface area contributed by atoms with Crippen molar-refractivity contribution in [1.29, 1.82) is 0 Å². The van der Waals surface area contributed by atoms with Gasteiger partial charge < -0.3 is 9.79 Å². The third-order valence-electron chi connectivity index (χ3n) is 1.88. The summed E-state index contributed by atoms with van der Waals surface area (Å²) >= 11 is 0. The van der Waals surface area contributed by atoms with Crippen LogP contribution in [-0.2, 0) is 18.1 Å². The molecule has 0 aliphatic heterocycles. The summed E-state index contributed by atoms with van der Waals surface area (Å²) in [5, 5.41) is -0.984. The predicted octanol–water partition coefficient (Wildman–Crippen LogP) is -0.0509. The van der Waals surface area contributed by atoms with Gasteiger partial charge in [-0.3, -0.25) is 0 Å². The lowest BCUT2D eigenvalue weighted by molar-refractivity contribution is -0.226. The summed E-state index contributed by atoms with van der Waals surface area (Å²) in [6.45, 7) is 3.51.